The highest BCUT2D eigenvalue weighted by Gasteiger charge is 2.05. The Hall–Kier alpha value is -2.18. The number of aryl methyl sites for hydroxylation is 1. The minimum atomic E-state index is 0.682. The summed E-state index contributed by atoms with van der Waals surface area (Å²) in [4.78, 5) is 14.3. The van der Waals surface area contributed by atoms with Gasteiger partial charge >= 0.3 is 0 Å². The van der Waals surface area contributed by atoms with Gasteiger partial charge in [0.25, 0.3) is 0 Å². The van der Waals surface area contributed by atoms with Crippen molar-refractivity contribution >= 4 is 11.8 Å². The van der Waals surface area contributed by atoms with Gasteiger partial charge in [0.2, 0.25) is 6.08 Å². The fourth-order valence-electron chi connectivity index (χ4n) is 2.12. The van der Waals surface area contributed by atoms with Gasteiger partial charge in [0.05, 0.1) is 5.69 Å². The number of isocyanates is 1. The zero-order valence-corrected chi connectivity index (χ0v) is 11.1. The van der Waals surface area contributed by atoms with E-state index in [1.54, 1.807) is 6.08 Å². The quantitative estimate of drug-likeness (QED) is 0.561. The van der Waals surface area contributed by atoms with Crippen LogP contribution in [-0.2, 0) is 11.2 Å². The van der Waals surface area contributed by atoms with E-state index >= 15 is 0 Å². The van der Waals surface area contributed by atoms with Crippen LogP contribution in [0.15, 0.2) is 53.5 Å². The van der Waals surface area contributed by atoms with Crippen molar-refractivity contribution in [1.29, 1.82) is 0 Å². The molecule has 0 radical (unpaired) electrons. The molecule has 2 heteroatoms. The first-order valence-electron chi connectivity index (χ1n) is 6.61. The van der Waals surface area contributed by atoms with Gasteiger partial charge in [-0.1, -0.05) is 49.7 Å². The summed E-state index contributed by atoms with van der Waals surface area (Å²) in [7, 11) is 0. The van der Waals surface area contributed by atoms with Gasteiger partial charge in [-0.05, 0) is 36.1 Å². The van der Waals surface area contributed by atoms with Crippen molar-refractivity contribution in [3.63, 3.8) is 0 Å². The van der Waals surface area contributed by atoms with E-state index in [0.29, 0.717) is 5.69 Å². The topological polar surface area (TPSA) is 29.4 Å². The summed E-state index contributed by atoms with van der Waals surface area (Å²) in [6.45, 7) is 2.18. The Kier molecular flexibility index (Phi) is 4.66. The van der Waals surface area contributed by atoms with Crippen molar-refractivity contribution in [2.24, 2.45) is 4.99 Å². The largest absolute Gasteiger partial charge is 0.240 e. The molecule has 0 aliphatic heterocycles. The minimum Gasteiger partial charge on any atom is -0.211 e. The van der Waals surface area contributed by atoms with Crippen molar-refractivity contribution in [3.05, 3.63) is 54.1 Å². The zero-order chi connectivity index (χ0) is 13.5. The second-order valence-corrected chi connectivity index (χ2v) is 4.52. The maximum absolute atomic E-state index is 10.5. The molecule has 0 fully saturated rings. The molecule has 0 unspecified atom stereocenters. The normalized spacial score (nSPS) is 9.95. The van der Waals surface area contributed by atoms with Crippen molar-refractivity contribution in [2.45, 2.75) is 26.2 Å². The molecule has 2 rings (SSSR count). The molecule has 0 spiro atoms. The number of hydrogen-bond acceptors (Lipinski definition) is 2. The molecule has 0 N–H and O–H groups in total. The Labute approximate surface area is 113 Å². The van der Waals surface area contributed by atoms with Gasteiger partial charge in [-0.25, -0.2) is 4.79 Å². The van der Waals surface area contributed by atoms with Crippen LogP contribution in [0.5, 0.6) is 0 Å². The third-order valence-corrected chi connectivity index (χ3v) is 3.13. The lowest BCUT2D eigenvalue weighted by Crippen LogP contribution is -1.87. The lowest BCUT2D eigenvalue weighted by atomic mass is 9.99. The predicted octanol–water partition coefficient (Wildman–Crippen LogP) is 4.66. The average molecular weight is 251 g/mol. The molecule has 0 aromatic heterocycles. The summed E-state index contributed by atoms with van der Waals surface area (Å²) < 4.78 is 0. The SMILES string of the molecule is CCCCc1ccc(N=C=O)c(-c2ccccc2)c1. The van der Waals surface area contributed by atoms with Crippen molar-refractivity contribution in [2.75, 3.05) is 0 Å². The molecule has 0 saturated carbocycles. The highest BCUT2D eigenvalue weighted by molar-refractivity contribution is 5.77. The standard InChI is InChI=1S/C17H17NO/c1-2-3-7-14-10-11-17(18-13-19)16(12-14)15-8-5-4-6-9-15/h4-6,8-12H,2-3,7H2,1H3. The third-order valence-electron chi connectivity index (χ3n) is 3.13. The lowest BCUT2D eigenvalue weighted by Gasteiger charge is -2.08. The van der Waals surface area contributed by atoms with Crippen LogP contribution in [0.3, 0.4) is 0 Å². The van der Waals surface area contributed by atoms with Gasteiger partial charge in [0.15, 0.2) is 0 Å². The summed E-state index contributed by atoms with van der Waals surface area (Å²) in [5.74, 6) is 0. The Morgan fingerprint density at radius 3 is 2.58 bits per heavy atom. The van der Waals surface area contributed by atoms with Crippen molar-refractivity contribution < 1.29 is 4.79 Å². The van der Waals surface area contributed by atoms with Crippen LogP contribution < -0.4 is 0 Å². The molecule has 0 bridgehead atoms. The van der Waals surface area contributed by atoms with Crippen LogP contribution >= 0.6 is 0 Å². The molecule has 2 nitrogen and oxygen atoms in total. The number of nitrogens with zero attached hydrogens (tertiary/aromatic N) is 1. The Balaban J connectivity index is 2.45. The Bertz CT molecular complexity index is 583. The molecule has 0 atom stereocenters. The van der Waals surface area contributed by atoms with Gasteiger partial charge in [0.1, 0.15) is 0 Å². The highest BCUT2D eigenvalue weighted by Crippen LogP contribution is 2.31. The molecule has 0 amide bonds. The summed E-state index contributed by atoms with van der Waals surface area (Å²) >= 11 is 0. The van der Waals surface area contributed by atoms with Crippen LogP contribution in [0.1, 0.15) is 25.3 Å². The smallest absolute Gasteiger partial charge is 0.211 e. The number of unbranched alkanes of at least 4 members (excludes halogenated alkanes) is 1. The van der Waals surface area contributed by atoms with E-state index in [0.717, 1.165) is 17.5 Å². The van der Waals surface area contributed by atoms with E-state index in [1.165, 1.54) is 18.4 Å². The van der Waals surface area contributed by atoms with Crippen LogP contribution in [0.4, 0.5) is 5.69 Å². The molecule has 96 valence electrons. The van der Waals surface area contributed by atoms with E-state index in [2.05, 4.69) is 18.0 Å². The maximum atomic E-state index is 10.5. The van der Waals surface area contributed by atoms with Crippen LogP contribution in [0.2, 0.25) is 0 Å². The molecular formula is C17H17NO. The zero-order valence-electron chi connectivity index (χ0n) is 11.1. The Morgan fingerprint density at radius 1 is 1.11 bits per heavy atom. The average Bonchev–Trinajstić information content (AvgIpc) is 2.47. The summed E-state index contributed by atoms with van der Waals surface area (Å²) in [6.07, 6.45) is 5.04. The van der Waals surface area contributed by atoms with Crippen molar-refractivity contribution in [3.8, 4) is 11.1 Å². The number of carbonyl (C=O) groups excluding carboxylic acids is 1. The number of rotatable bonds is 5. The molecule has 0 aliphatic rings. The first kappa shape index (κ1) is 13.3. The first-order valence-corrected chi connectivity index (χ1v) is 6.61. The monoisotopic (exact) mass is 251 g/mol. The number of benzene rings is 2. The van der Waals surface area contributed by atoms with Crippen molar-refractivity contribution in [1.82, 2.24) is 0 Å². The van der Waals surface area contributed by atoms with Gasteiger partial charge in [-0.3, -0.25) is 0 Å². The summed E-state index contributed by atoms with van der Waals surface area (Å²) in [5, 5.41) is 0. The summed E-state index contributed by atoms with van der Waals surface area (Å²) in [5.41, 5.74) is 4.04. The fraction of sp³-hybridized carbons (Fsp3) is 0.235. The third kappa shape index (κ3) is 3.40. The highest BCUT2D eigenvalue weighted by atomic mass is 16.1. The Morgan fingerprint density at radius 2 is 1.89 bits per heavy atom. The van der Waals surface area contributed by atoms with Gasteiger partial charge in [-0.2, -0.15) is 4.99 Å². The number of hydrogen-bond donors (Lipinski definition) is 0. The second kappa shape index (κ2) is 6.67. The molecular weight excluding hydrogens is 234 g/mol. The lowest BCUT2D eigenvalue weighted by molar-refractivity contribution is 0.565. The maximum Gasteiger partial charge on any atom is 0.240 e. The molecule has 0 heterocycles. The molecule has 2 aromatic carbocycles. The molecule has 0 saturated heterocycles. The van der Waals surface area contributed by atoms with Crippen LogP contribution in [0.25, 0.3) is 11.1 Å². The minimum absolute atomic E-state index is 0.682. The van der Waals surface area contributed by atoms with Crippen LogP contribution in [0, 0.1) is 0 Å². The van der Waals surface area contributed by atoms with E-state index in [4.69, 9.17) is 0 Å². The van der Waals surface area contributed by atoms with Gasteiger partial charge < -0.3 is 0 Å². The molecule has 19 heavy (non-hydrogen) atoms. The number of aliphatic imine (C=N–C) groups is 1. The van der Waals surface area contributed by atoms with E-state index in [9.17, 15) is 4.79 Å². The fourth-order valence-corrected chi connectivity index (χ4v) is 2.12. The van der Waals surface area contributed by atoms with E-state index in [-0.39, 0.29) is 0 Å². The second-order valence-electron chi connectivity index (χ2n) is 4.52. The van der Waals surface area contributed by atoms with Crippen LogP contribution in [-0.4, -0.2) is 6.08 Å². The molecule has 2 aromatic rings. The van der Waals surface area contributed by atoms with E-state index < -0.39 is 0 Å². The molecule has 0 aliphatic carbocycles. The van der Waals surface area contributed by atoms with Gasteiger partial charge in [-0.15, -0.1) is 0 Å². The van der Waals surface area contributed by atoms with E-state index in [1.807, 2.05) is 42.5 Å². The predicted molar refractivity (Wildman–Crippen MR) is 78.3 cm³/mol. The first-order chi connectivity index (χ1) is 9.35. The summed E-state index contributed by atoms with van der Waals surface area (Å²) in [6, 6.07) is 16.1. The van der Waals surface area contributed by atoms with Gasteiger partial charge in [0, 0.05) is 5.56 Å².